The van der Waals surface area contributed by atoms with Crippen LogP contribution >= 0.6 is 0 Å². The van der Waals surface area contributed by atoms with Gasteiger partial charge in [0.25, 0.3) is 0 Å². The highest BCUT2D eigenvalue weighted by Crippen LogP contribution is 2.22. The Morgan fingerprint density at radius 3 is 2.22 bits per heavy atom. The molecular weight excluding hydrogens is 261 g/mol. The average Bonchev–Trinajstić information content (AvgIpc) is 2.27. The SMILES string of the molecule is N=C(NC1C(O)OC(CO)[C@H](O)[C@@H]1O)C(F)(F)F. The molecule has 0 saturated carbocycles. The number of hydrogen-bond acceptors (Lipinski definition) is 6. The van der Waals surface area contributed by atoms with E-state index < -0.39 is 49.3 Å². The van der Waals surface area contributed by atoms with E-state index in [0.717, 1.165) is 0 Å². The van der Waals surface area contributed by atoms with Gasteiger partial charge in [-0.05, 0) is 0 Å². The van der Waals surface area contributed by atoms with E-state index in [-0.39, 0.29) is 0 Å². The van der Waals surface area contributed by atoms with Gasteiger partial charge in [-0.3, -0.25) is 5.41 Å². The normalized spacial score (nSPS) is 37.4. The van der Waals surface area contributed by atoms with Crippen LogP contribution in [0.1, 0.15) is 0 Å². The Morgan fingerprint density at radius 1 is 1.22 bits per heavy atom. The number of rotatable bonds is 2. The molecule has 0 aromatic heterocycles. The molecule has 0 bridgehead atoms. The summed E-state index contributed by atoms with van der Waals surface area (Å²) in [5.41, 5.74) is 0. The summed E-state index contributed by atoms with van der Waals surface area (Å²) in [6, 6.07) is -1.73. The number of nitrogens with one attached hydrogen (secondary N) is 2. The summed E-state index contributed by atoms with van der Waals surface area (Å²) in [6.07, 6.45) is -11.7. The van der Waals surface area contributed by atoms with Gasteiger partial charge in [0.05, 0.1) is 6.61 Å². The van der Waals surface area contributed by atoms with Crippen LogP contribution in [0.2, 0.25) is 0 Å². The summed E-state index contributed by atoms with van der Waals surface area (Å²) < 4.78 is 40.9. The Balaban J connectivity index is 2.74. The number of hydrogen-bond donors (Lipinski definition) is 6. The highest BCUT2D eigenvalue weighted by Gasteiger charge is 2.46. The predicted molar refractivity (Wildman–Crippen MR) is 50.7 cm³/mol. The first-order valence-corrected chi connectivity index (χ1v) is 4.91. The van der Waals surface area contributed by atoms with Crippen LogP contribution in [0.15, 0.2) is 0 Å². The first-order chi connectivity index (χ1) is 8.18. The topological polar surface area (TPSA) is 126 Å². The Kier molecular flexibility index (Phi) is 4.50. The van der Waals surface area contributed by atoms with E-state index in [1.54, 1.807) is 0 Å². The number of halogens is 3. The quantitative estimate of drug-likeness (QED) is 0.253. The standard InChI is InChI=1S/C8H13F3N2O5/c9-8(10,11)7(12)13-3-5(16)4(15)2(1-14)18-6(3)17/h2-6,14-17H,1H2,(H2,12,13)/t2?,3?,4-,5+,6?/m0/s1. The highest BCUT2D eigenvalue weighted by molar-refractivity contribution is 5.84. The third-order valence-corrected chi connectivity index (χ3v) is 2.49. The highest BCUT2D eigenvalue weighted by atomic mass is 19.4. The Bertz CT molecular complexity index is 314. The van der Waals surface area contributed by atoms with Gasteiger partial charge in [-0.1, -0.05) is 0 Å². The fourth-order valence-electron chi connectivity index (χ4n) is 1.50. The van der Waals surface area contributed by atoms with E-state index in [1.807, 2.05) is 0 Å². The molecule has 1 rings (SSSR count). The maximum absolute atomic E-state index is 12.1. The van der Waals surface area contributed by atoms with Crippen molar-refractivity contribution in [2.75, 3.05) is 6.61 Å². The second-order valence-electron chi connectivity index (χ2n) is 3.77. The number of ether oxygens (including phenoxy) is 1. The van der Waals surface area contributed by atoms with Crippen molar-refractivity contribution in [2.24, 2.45) is 0 Å². The third kappa shape index (κ3) is 3.09. The number of aliphatic hydroxyl groups excluding tert-OH is 4. The lowest BCUT2D eigenvalue weighted by Crippen LogP contribution is -2.65. The van der Waals surface area contributed by atoms with Crippen molar-refractivity contribution in [1.29, 1.82) is 5.41 Å². The molecule has 0 radical (unpaired) electrons. The number of amidine groups is 1. The van der Waals surface area contributed by atoms with E-state index in [9.17, 15) is 28.5 Å². The molecule has 1 fully saturated rings. The van der Waals surface area contributed by atoms with Crippen molar-refractivity contribution in [1.82, 2.24) is 5.32 Å². The van der Waals surface area contributed by atoms with E-state index in [2.05, 4.69) is 4.74 Å². The zero-order chi connectivity index (χ0) is 14.1. The Labute approximate surface area is 99.3 Å². The van der Waals surface area contributed by atoms with Gasteiger partial charge in [-0.25, -0.2) is 0 Å². The van der Waals surface area contributed by atoms with E-state index in [1.165, 1.54) is 5.32 Å². The largest absolute Gasteiger partial charge is 0.448 e. The number of aliphatic hydroxyl groups is 4. The van der Waals surface area contributed by atoms with Crippen LogP contribution in [-0.2, 0) is 4.74 Å². The van der Waals surface area contributed by atoms with Crippen molar-refractivity contribution >= 4 is 5.84 Å². The monoisotopic (exact) mass is 274 g/mol. The molecule has 18 heavy (non-hydrogen) atoms. The molecule has 10 heteroatoms. The lowest BCUT2D eigenvalue weighted by molar-refractivity contribution is -0.252. The average molecular weight is 274 g/mol. The first-order valence-electron chi connectivity index (χ1n) is 4.91. The zero-order valence-electron chi connectivity index (χ0n) is 8.92. The van der Waals surface area contributed by atoms with Crippen molar-refractivity contribution in [2.45, 2.75) is 36.8 Å². The van der Waals surface area contributed by atoms with Crippen LogP contribution in [0.5, 0.6) is 0 Å². The fourth-order valence-corrected chi connectivity index (χ4v) is 1.50. The van der Waals surface area contributed by atoms with Gasteiger partial charge in [-0.15, -0.1) is 0 Å². The molecule has 1 aliphatic rings. The number of alkyl halides is 3. The Morgan fingerprint density at radius 2 is 1.78 bits per heavy atom. The van der Waals surface area contributed by atoms with Gasteiger partial charge in [-0.2, -0.15) is 13.2 Å². The maximum atomic E-state index is 12.1. The van der Waals surface area contributed by atoms with E-state index in [4.69, 9.17) is 10.5 Å². The first kappa shape index (κ1) is 15.1. The second kappa shape index (κ2) is 5.36. The van der Waals surface area contributed by atoms with Crippen LogP contribution in [0.4, 0.5) is 13.2 Å². The molecule has 1 aliphatic heterocycles. The van der Waals surface area contributed by atoms with Gasteiger partial charge in [0.2, 0.25) is 5.84 Å². The van der Waals surface area contributed by atoms with Gasteiger partial charge in [0.15, 0.2) is 6.29 Å². The molecule has 0 aliphatic carbocycles. The molecule has 5 atom stereocenters. The van der Waals surface area contributed by atoms with Crippen molar-refractivity contribution in [3.8, 4) is 0 Å². The van der Waals surface area contributed by atoms with Gasteiger partial charge in [0.1, 0.15) is 24.4 Å². The second-order valence-corrected chi connectivity index (χ2v) is 3.77. The molecule has 0 aromatic rings. The smallest absolute Gasteiger partial charge is 0.394 e. The Hall–Kier alpha value is -0.940. The summed E-state index contributed by atoms with van der Waals surface area (Å²) in [5, 5.41) is 45.2. The summed E-state index contributed by atoms with van der Waals surface area (Å²) in [4.78, 5) is 0. The van der Waals surface area contributed by atoms with Crippen LogP contribution in [0.3, 0.4) is 0 Å². The molecule has 0 amide bonds. The van der Waals surface area contributed by atoms with Crippen LogP contribution in [0, 0.1) is 5.41 Å². The van der Waals surface area contributed by atoms with E-state index >= 15 is 0 Å². The van der Waals surface area contributed by atoms with Crippen molar-refractivity contribution in [3.05, 3.63) is 0 Å². The van der Waals surface area contributed by atoms with Gasteiger partial charge in [0, 0.05) is 0 Å². The van der Waals surface area contributed by atoms with E-state index in [0.29, 0.717) is 0 Å². The molecule has 1 saturated heterocycles. The lowest BCUT2D eigenvalue weighted by atomic mass is 9.97. The van der Waals surface area contributed by atoms with Crippen LogP contribution in [0.25, 0.3) is 0 Å². The molecule has 106 valence electrons. The summed E-state index contributed by atoms with van der Waals surface area (Å²) >= 11 is 0. The third-order valence-electron chi connectivity index (χ3n) is 2.49. The zero-order valence-corrected chi connectivity index (χ0v) is 8.92. The minimum atomic E-state index is -4.97. The van der Waals surface area contributed by atoms with Crippen LogP contribution < -0.4 is 5.32 Å². The molecule has 0 spiro atoms. The molecular formula is C8H13F3N2O5. The molecule has 0 aromatic carbocycles. The van der Waals surface area contributed by atoms with Gasteiger partial charge < -0.3 is 30.5 Å². The molecule has 3 unspecified atom stereocenters. The predicted octanol–water partition coefficient (Wildman–Crippen LogP) is -2.08. The maximum Gasteiger partial charge on any atom is 0.448 e. The summed E-state index contributed by atoms with van der Waals surface area (Å²) in [6.45, 7) is -0.723. The van der Waals surface area contributed by atoms with Gasteiger partial charge >= 0.3 is 6.18 Å². The molecule has 1 heterocycles. The minimum absolute atomic E-state index is 0.723. The molecule has 7 nitrogen and oxygen atoms in total. The minimum Gasteiger partial charge on any atom is -0.394 e. The molecule has 6 N–H and O–H groups in total. The van der Waals surface area contributed by atoms with Crippen molar-refractivity contribution < 1.29 is 38.3 Å². The lowest BCUT2D eigenvalue weighted by Gasteiger charge is -2.40. The van der Waals surface area contributed by atoms with Crippen LogP contribution in [-0.4, -0.2) is 69.7 Å². The summed E-state index contributed by atoms with van der Waals surface area (Å²) in [5.74, 6) is -1.89. The summed E-state index contributed by atoms with van der Waals surface area (Å²) in [7, 11) is 0. The van der Waals surface area contributed by atoms with Crippen molar-refractivity contribution in [3.63, 3.8) is 0 Å². The fraction of sp³-hybridized carbons (Fsp3) is 0.875.